The average Bonchev–Trinajstić information content (AvgIpc) is 3.29. The lowest BCUT2D eigenvalue weighted by Crippen LogP contribution is -2.33. The lowest BCUT2D eigenvalue weighted by molar-refractivity contribution is 0.0760. The van der Waals surface area contributed by atoms with Crippen LogP contribution in [0.25, 0.3) is 10.6 Å². The van der Waals surface area contributed by atoms with Gasteiger partial charge in [-0.1, -0.05) is 36.4 Å². The van der Waals surface area contributed by atoms with Crippen LogP contribution in [-0.2, 0) is 0 Å². The fourth-order valence-corrected chi connectivity index (χ4v) is 4.98. The van der Waals surface area contributed by atoms with E-state index in [0.717, 1.165) is 35.8 Å². The second-order valence-electron chi connectivity index (χ2n) is 6.00. The summed E-state index contributed by atoms with van der Waals surface area (Å²) >= 11 is 3.57. The Morgan fingerprint density at radius 2 is 2.04 bits per heavy atom. The van der Waals surface area contributed by atoms with Gasteiger partial charge in [-0.05, 0) is 29.5 Å². The van der Waals surface area contributed by atoms with E-state index < -0.39 is 0 Å². The molecule has 0 aliphatic carbocycles. The molecule has 1 saturated heterocycles. The van der Waals surface area contributed by atoms with Crippen LogP contribution in [0.15, 0.2) is 53.9 Å². The fraction of sp³-hybridized carbons (Fsp3) is 0.263. The average molecular weight is 370 g/mol. The molecule has 25 heavy (non-hydrogen) atoms. The van der Waals surface area contributed by atoms with Crippen LogP contribution < -0.4 is 0 Å². The van der Waals surface area contributed by atoms with Crippen LogP contribution in [0.5, 0.6) is 0 Å². The minimum absolute atomic E-state index is 0.0216. The summed E-state index contributed by atoms with van der Waals surface area (Å²) in [6, 6.07) is 16.5. The molecule has 2 aromatic heterocycles. The zero-order valence-electron chi connectivity index (χ0n) is 13.7. The lowest BCUT2D eigenvalue weighted by atomic mass is 10.1. The van der Waals surface area contributed by atoms with E-state index in [1.54, 1.807) is 11.3 Å². The van der Waals surface area contributed by atoms with Gasteiger partial charge in [0.05, 0.1) is 10.6 Å². The van der Waals surface area contributed by atoms with Gasteiger partial charge in [0.1, 0.15) is 0 Å². The van der Waals surface area contributed by atoms with Crippen molar-refractivity contribution in [1.82, 2.24) is 15.1 Å². The predicted octanol–water partition coefficient (Wildman–Crippen LogP) is 4.46. The Labute approximate surface area is 155 Å². The van der Waals surface area contributed by atoms with Crippen LogP contribution in [0, 0.1) is 0 Å². The first-order valence-corrected chi connectivity index (χ1v) is 10.3. The van der Waals surface area contributed by atoms with Crippen LogP contribution in [0.1, 0.15) is 27.7 Å². The molecule has 0 bridgehead atoms. The van der Waals surface area contributed by atoms with Crippen molar-refractivity contribution in [2.24, 2.45) is 0 Å². The Bertz CT molecular complexity index is 829. The molecule has 6 heteroatoms. The first kappa shape index (κ1) is 16.4. The largest absolute Gasteiger partial charge is 0.336 e. The Balaban J connectivity index is 1.44. The van der Waals surface area contributed by atoms with Gasteiger partial charge in [-0.2, -0.15) is 16.9 Å². The number of aromatic amines is 1. The van der Waals surface area contributed by atoms with Crippen molar-refractivity contribution < 1.29 is 4.79 Å². The van der Waals surface area contributed by atoms with E-state index in [4.69, 9.17) is 0 Å². The van der Waals surface area contributed by atoms with Crippen molar-refractivity contribution in [3.05, 3.63) is 65.2 Å². The van der Waals surface area contributed by atoms with Crippen molar-refractivity contribution in [3.63, 3.8) is 0 Å². The summed E-state index contributed by atoms with van der Waals surface area (Å²) in [5.41, 5.74) is 2.76. The second-order valence-corrected chi connectivity index (χ2v) is 8.25. The number of thioether (sulfide) groups is 1. The third-order valence-corrected chi connectivity index (χ3v) is 6.62. The topological polar surface area (TPSA) is 49.0 Å². The van der Waals surface area contributed by atoms with E-state index in [1.807, 2.05) is 46.3 Å². The van der Waals surface area contributed by atoms with Crippen molar-refractivity contribution in [1.29, 1.82) is 0 Å². The second kappa shape index (κ2) is 7.45. The molecule has 1 unspecified atom stereocenters. The van der Waals surface area contributed by atoms with Crippen molar-refractivity contribution >= 4 is 29.0 Å². The molecule has 4 nitrogen and oxygen atoms in total. The van der Waals surface area contributed by atoms with Gasteiger partial charge >= 0.3 is 0 Å². The molecule has 1 N–H and O–H groups in total. The highest BCUT2D eigenvalue weighted by atomic mass is 32.2. The van der Waals surface area contributed by atoms with Crippen molar-refractivity contribution in [2.75, 3.05) is 18.8 Å². The van der Waals surface area contributed by atoms with E-state index >= 15 is 0 Å². The zero-order chi connectivity index (χ0) is 17.1. The van der Waals surface area contributed by atoms with Crippen LogP contribution in [0.4, 0.5) is 0 Å². The molecule has 3 heterocycles. The van der Waals surface area contributed by atoms with Gasteiger partial charge in [-0.25, -0.2) is 0 Å². The number of thiophene rings is 1. The summed E-state index contributed by atoms with van der Waals surface area (Å²) < 4.78 is 0. The number of nitrogens with zero attached hydrogens (tertiary/aromatic N) is 2. The number of aromatic nitrogens is 2. The summed E-state index contributed by atoms with van der Waals surface area (Å²) in [5, 5.41) is 9.70. The smallest absolute Gasteiger partial charge is 0.274 e. The molecule has 1 aromatic carbocycles. The molecule has 3 aromatic rings. The first-order chi connectivity index (χ1) is 12.3. The number of nitrogens with one attached hydrogen (secondary N) is 1. The normalized spacial score (nSPS) is 18.1. The van der Waals surface area contributed by atoms with Crippen LogP contribution in [0.3, 0.4) is 0 Å². The molecular formula is C19H19N3OS2. The van der Waals surface area contributed by atoms with E-state index in [0.29, 0.717) is 10.9 Å². The molecule has 1 fully saturated rings. The van der Waals surface area contributed by atoms with Crippen LogP contribution in [-0.4, -0.2) is 39.8 Å². The van der Waals surface area contributed by atoms with Gasteiger partial charge in [-0.15, -0.1) is 11.3 Å². The highest BCUT2D eigenvalue weighted by molar-refractivity contribution is 7.99. The number of H-pyrrole nitrogens is 1. The van der Waals surface area contributed by atoms with Gasteiger partial charge in [0.15, 0.2) is 5.69 Å². The van der Waals surface area contributed by atoms with Crippen molar-refractivity contribution in [3.8, 4) is 10.6 Å². The van der Waals surface area contributed by atoms with E-state index in [-0.39, 0.29) is 5.91 Å². The quantitative estimate of drug-likeness (QED) is 0.741. The number of carbonyl (C=O) groups excluding carboxylic acids is 1. The number of carbonyl (C=O) groups is 1. The number of benzene rings is 1. The Morgan fingerprint density at radius 3 is 2.84 bits per heavy atom. The van der Waals surface area contributed by atoms with E-state index in [9.17, 15) is 4.79 Å². The van der Waals surface area contributed by atoms with Crippen molar-refractivity contribution in [2.45, 2.75) is 11.7 Å². The number of rotatable bonds is 3. The maximum Gasteiger partial charge on any atom is 0.274 e. The van der Waals surface area contributed by atoms with Crippen LogP contribution in [0.2, 0.25) is 0 Å². The van der Waals surface area contributed by atoms with Gasteiger partial charge < -0.3 is 4.90 Å². The van der Waals surface area contributed by atoms with Gasteiger partial charge in [0.2, 0.25) is 0 Å². The maximum atomic E-state index is 12.8. The Kier molecular flexibility index (Phi) is 4.90. The molecule has 4 rings (SSSR count). The van der Waals surface area contributed by atoms with Gasteiger partial charge in [-0.3, -0.25) is 9.89 Å². The monoisotopic (exact) mass is 369 g/mol. The first-order valence-electron chi connectivity index (χ1n) is 8.36. The zero-order valence-corrected chi connectivity index (χ0v) is 15.4. The van der Waals surface area contributed by atoms with E-state index in [1.165, 1.54) is 5.56 Å². The van der Waals surface area contributed by atoms with E-state index in [2.05, 4.69) is 34.5 Å². The minimum atomic E-state index is 0.0216. The molecule has 1 amide bonds. The standard InChI is InChI=1S/C19H19N3OS2/c23-19(16-13-15(20-21-16)18-7-4-11-24-18)22-9-8-17(25-12-10-22)14-5-2-1-3-6-14/h1-7,11,13,17H,8-10,12H2,(H,20,21). The lowest BCUT2D eigenvalue weighted by Gasteiger charge is -2.19. The predicted molar refractivity (Wildman–Crippen MR) is 104 cm³/mol. The summed E-state index contributed by atoms with van der Waals surface area (Å²) in [5.74, 6) is 0.974. The summed E-state index contributed by atoms with van der Waals surface area (Å²) in [6.07, 6.45) is 0.975. The third kappa shape index (κ3) is 3.65. The SMILES string of the molecule is O=C(c1cc(-c2cccs2)[nH]n1)N1CCSC(c2ccccc2)CC1. The Hall–Kier alpha value is -2.05. The highest BCUT2D eigenvalue weighted by Crippen LogP contribution is 2.34. The van der Waals surface area contributed by atoms with Gasteiger partial charge in [0, 0.05) is 24.1 Å². The number of amides is 1. The molecule has 128 valence electrons. The molecular weight excluding hydrogens is 350 g/mol. The molecule has 0 saturated carbocycles. The Morgan fingerprint density at radius 1 is 1.16 bits per heavy atom. The maximum absolute atomic E-state index is 12.8. The van der Waals surface area contributed by atoms with Gasteiger partial charge in [0.25, 0.3) is 5.91 Å². The number of hydrogen-bond acceptors (Lipinski definition) is 4. The summed E-state index contributed by atoms with van der Waals surface area (Å²) in [6.45, 7) is 1.54. The highest BCUT2D eigenvalue weighted by Gasteiger charge is 2.24. The molecule has 1 aliphatic heterocycles. The minimum Gasteiger partial charge on any atom is -0.336 e. The molecule has 1 atom stereocenters. The third-order valence-electron chi connectivity index (χ3n) is 4.38. The van der Waals surface area contributed by atoms with Crippen LogP contribution >= 0.6 is 23.1 Å². The molecule has 0 radical (unpaired) electrons. The summed E-state index contributed by atoms with van der Waals surface area (Å²) in [4.78, 5) is 15.9. The molecule has 0 spiro atoms. The molecule has 1 aliphatic rings. The fourth-order valence-electron chi connectivity index (χ4n) is 3.06. The summed E-state index contributed by atoms with van der Waals surface area (Å²) in [7, 11) is 0. The number of hydrogen-bond donors (Lipinski definition) is 1.